The van der Waals surface area contributed by atoms with Gasteiger partial charge in [-0.2, -0.15) is 0 Å². The number of halogens is 2. The van der Waals surface area contributed by atoms with Crippen LogP contribution in [0, 0.1) is 0 Å². The lowest BCUT2D eigenvalue weighted by Gasteiger charge is -2.22. The Bertz CT molecular complexity index is 1050. The van der Waals surface area contributed by atoms with E-state index in [1.54, 1.807) is 36.4 Å². The Morgan fingerprint density at radius 2 is 1.93 bits per heavy atom. The molecule has 1 N–H and O–H groups in total. The van der Waals surface area contributed by atoms with E-state index >= 15 is 0 Å². The molecule has 2 heterocycles. The maximum absolute atomic E-state index is 13.2. The lowest BCUT2D eigenvalue weighted by atomic mass is 9.89. The van der Waals surface area contributed by atoms with Gasteiger partial charge in [0.2, 0.25) is 5.78 Å². The van der Waals surface area contributed by atoms with Crippen molar-refractivity contribution in [2.45, 2.75) is 18.6 Å². The molecule has 5 nitrogen and oxygen atoms in total. The Labute approximate surface area is 174 Å². The van der Waals surface area contributed by atoms with Gasteiger partial charge >= 0.3 is 0 Å². The number of benzene rings is 2. The van der Waals surface area contributed by atoms with Crippen LogP contribution in [-0.4, -0.2) is 16.8 Å². The van der Waals surface area contributed by atoms with Crippen LogP contribution < -0.4 is 4.90 Å². The van der Waals surface area contributed by atoms with E-state index in [0.717, 1.165) is 5.56 Å². The van der Waals surface area contributed by atoms with Crippen LogP contribution in [0.2, 0.25) is 5.02 Å². The first-order valence-electron chi connectivity index (χ1n) is 8.54. The molecule has 142 valence electrons. The van der Waals surface area contributed by atoms with Gasteiger partial charge in [-0.15, -0.1) is 0 Å². The lowest BCUT2D eigenvalue weighted by Crippen LogP contribution is -2.41. The average Bonchev–Trinajstić information content (AvgIpc) is 3.27. The first-order chi connectivity index (χ1) is 13.4. The zero-order chi connectivity index (χ0) is 19.9. The summed E-state index contributed by atoms with van der Waals surface area (Å²) in [6.07, 6.45) is 0.977. The van der Waals surface area contributed by atoms with Crippen LogP contribution in [0.4, 0.5) is 5.69 Å². The van der Waals surface area contributed by atoms with Crippen molar-refractivity contribution < 1.29 is 19.1 Å². The second kappa shape index (κ2) is 7.20. The van der Waals surface area contributed by atoms with Crippen LogP contribution >= 0.6 is 27.5 Å². The Morgan fingerprint density at radius 3 is 2.61 bits per heavy atom. The van der Waals surface area contributed by atoms with Gasteiger partial charge in [-0.05, 0) is 48.0 Å². The van der Waals surface area contributed by atoms with Crippen molar-refractivity contribution in [2.75, 3.05) is 4.90 Å². The van der Waals surface area contributed by atoms with E-state index in [4.69, 9.17) is 16.0 Å². The highest BCUT2D eigenvalue weighted by Crippen LogP contribution is 2.44. The standard InChI is InChI=1S/C21H15BrClNO4/c22-14-5-8-17-16(10-14)21(27,11-18(25)19-2-1-9-28-19)20(26)24(17)12-13-3-6-15(23)7-4-13/h1-10,27H,11-12H2/t21-/m0/s1. The van der Waals surface area contributed by atoms with Crippen LogP contribution in [0.25, 0.3) is 0 Å². The highest BCUT2D eigenvalue weighted by atomic mass is 79.9. The monoisotopic (exact) mass is 459 g/mol. The minimum absolute atomic E-state index is 0.105. The molecule has 3 aromatic rings. The van der Waals surface area contributed by atoms with Crippen molar-refractivity contribution in [3.05, 3.63) is 87.2 Å². The number of hydrogen-bond acceptors (Lipinski definition) is 4. The van der Waals surface area contributed by atoms with Gasteiger partial charge in [0, 0.05) is 15.1 Å². The van der Waals surface area contributed by atoms with Crippen molar-refractivity contribution in [3.8, 4) is 0 Å². The predicted molar refractivity (Wildman–Crippen MR) is 108 cm³/mol. The second-order valence-electron chi connectivity index (χ2n) is 6.62. The summed E-state index contributed by atoms with van der Waals surface area (Å²) in [5.41, 5.74) is -0.151. The number of nitrogens with zero attached hydrogens (tertiary/aromatic N) is 1. The second-order valence-corrected chi connectivity index (χ2v) is 7.97. The molecule has 0 bridgehead atoms. The fourth-order valence-corrected chi connectivity index (χ4v) is 3.87. The Morgan fingerprint density at radius 1 is 1.18 bits per heavy atom. The third-order valence-corrected chi connectivity index (χ3v) is 5.51. The summed E-state index contributed by atoms with van der Waals surface area (Å²) in [4.78, 5) is 27.3. The van der Waals surface area contributed by atoms with Gasteiger partial charge in [0.25, 0.3) is 5.91 Å². The molecular weight excluding hydrogens is 446 g/mol. The van der Waals surface area contributed by atoms with Gasteiger partial charge < -0.3 is 14.4 Å². The molecule has 0 saturated heterocycles. The molecule has 1 amide bonds. The maximum atomic E-state index is 13.2. The number of aliphatic hydroxyl groups is 1. The fourth-order valence-electron chi connectivity index (χ4n) is 3.38. The number of carbonyl (C=O) groups is 2. The van der Waals surface area contributed by atoms with E-state index in [-0.39, 0.29) is 12.3 Å². The molecule has 2 aromatic carbocycles. The molecule has 0 spiro atoms. The summed E-state index contributed by atoms with van der Waals surface area (Å²) in [6, 6.07) is 15.4. The van der Waals surface area contributed by atoms with Crippen LogP contribution in [0.5, 0.6) is 0 Å². The van der Waals surface area contributed by atoms with Crippen LogP contribution in [0.1, 0.15) is 28.1 Å². The van der Waals surface area contributed by atoms with Crippen molar-refractivity contribution in [3.63, 3.8) is 0 Å². The molecule has 0 aliphatic carbocycles. The molecule has 0 fully saturated rings. The number of amides is 1. The van der Waals surface area contributed by atoms with Gasteiger partial charge in [0.05, 0.1) is 24.9 Å². The molecular formula is C21H15BrClNO4. The summed E-state index contributed by atoms with van der Waals surface area (Å²) in [6.45, 7) is 0.252. The molecule has 28 heavy (non-hydrogen) atoms. The molecule has 0 unspecified atom stereocenters. The molecule has 1 aliphatic heterocycles. The number of anilines is 1. The zero-order valence-electron chi connectivity index (χ0n) is 14.6. The average molecular weight is 461 g/mol. The third-order valence-electron chi connectivity index (χ3n) is 4.76. The number of furan rings is 1. The van der Waals surface area contributed by atoms with E-state index in [1.165, 1.54) is 17.2 Å². The van der Waals surface area contributed by atoms with Crippen molar-refractivity contribution in [1.29, 1.82) is 0 Å². The SMILES string of the molecule is O=C(C[C@@]1(O)C(=O)N(Cc2ccc(Cl)cc2)c2ccc(Br)cc21)c1ccco1. The van der Waals surface area contributed by atoms with E-state index in [0.29, 0.717) is 20.7 Å². The minimum atomic E-state index is -1.96. The number of Topliss-reactive ketones (excluding diaryl/α,β-unsaturated/α-hetero) is 1. The number of hydrogen-bond donors (Lipinski definition) is 1. The quantitative estimate of drug-likeness (QED) is 0.560. The molecule has 1 atom stereocenters. The summed E-state index contributed by atoms with van der Waals surface area (Å²) in [5, 5.41) is 11.9. The van der Waals surface area contributed by atoms with Gasteiger partial charge in [-0.1, -0.05) is 39.7 Å². The molecule has 0 radical (unpaired) electrons. The normalized spacial score (nSPS) is 18.4. The third kappa shape index (κ3) is 3.28. The topological polar surface area (TPSA) is 70.8 Å². The Kier molecular flexibility index (Phi) is 4.87. The van der Waals surface area contributed by atoms with Crippen molar-refractivity contribution in [2.24, 2.45) is 0 Å². The Balaban J connectivity index is 1.72. The summed E-state index contributed by atoms with van der Waals surface area (Å²) in [5.74, 6) is -0.885. The highest BCUT2D eigenvalue weighted by molar-refractivity contribution is 9.10. The summed E-state index contributed by atoms with van der Waals surface area (Å²) < 4.78 is 5.83. The van der Waals surface area contributed by atoms with Crippen molar-refractivity contribution >= 4 is 44.9 Å². The Hall–Kier alpha value is -2.41. The largest absolute Gasteiger partial charge is 0.461 e. The summed E-state index contributed by atoms with van der Waals surface area (Å²) >= 11 is 9.31. The van der Waals surface area contributed by atoms with Crippen LogP contribution in [0.3, 0.4) is 0 Å². The number of ketones is 1. The van der Waals surface area contributed by atoms with Crippen LogP contribution in [0.15, 0.2) is 69.8 Å². The number of fused-ring (bicyclic) bond motifs is 1. The minimum Gasteiger partial charge on any atom is -0.461 e. The van der Waals surface area contributed by atoms with Gasteiger partial charge in [0.1, 0.15) is 0 Å². The van der Waals surface area contributed by atoms with E-state index in [1.807, 2.05) is 12.1 Å². The highest BCUT2D eigenvalue weighted by Gasteiger charge is 2.51. The summed E-state index contributed by atoms with van der Waals surface area (Å²) in [7, 11) is 0. The van der Waals surface area contributed by atoms with Gasteiger partial charge in [-0.25, -0.2) is 0 Å². The predicted octanol–water partition coefficient (Wildman–Crippen LogP) is 4.70. The van der Waals surface area contributed by atoms with Gasteiger partial charge in [0.15, 0.2) is 11.4 Å². The molecule has 1 aromatic heterocycles. The lowest BCUT2D eigenvalue weighted by molar-refractivity contribution is -0.136. The zero-order valence-corrected chi connectivity index (χ0v) is 16.9. The van der Waals surface area contributed by atoms with E-state index < -0.39 is 23.7 Å². The number of rotatable bonds is 5. The van der Waals surface area contributed by atoms with Gasteiger partial charge in [-0.3, -0.25) is 9.59 Å². The molecule has 0 saturated carbocycles. The number of carbonyl (C=O) groups excluding carboxylic acids is 2. The molecule has 1 aliphatic rings. The van der Waals surface area contributed by atoms with E-state index in [9.17, 15) is 14.7 Å². The molecule has 4 rings (SSSR count). The van der Waals surface area contributed by atoms with E-state index in [2.05, 4.69) is 15.9 Å². The smallest absolute Gasteiger partial charge is 0.264 e. The molecule has 7 heteroatoms. The first kappa shape index (κ1) is 18.9. The van der Waals surface area contributed by atoms with Crippen LogP contribution in [-0.2, 0) is 16.9 Å². The fraction of sp³-hybridized carbons (Fsp3) is 0.143. The first-order valence-corrected chi connectivity index (χ1v) is 9.71. The van der Waals surface area contributed by atoms with Crippen molar-refractivity contribution in [1.82, 2.24) is 0 Å². The maximum Gasteiger partial charge on any atom is 0.264 e.